The molecule has 6 nitrogen and oxygen atoms in total. The molecule has 6 heteroatoms. The van der Waals surface area contributed by atoms with Crippen LogP contribution in [-0.2, 0) is 0 Å². The van der Waals surface area contributed by atoms with Gasteiger partial charge in [-0.1, -0.05) is 24.3 Å². The van der Waals surface area contributed by atoms with E-state index in [1.54, 1.807) is 6.20 Å². The molecular weight excluding hydrogens is 336 g/mol. The minimum atomic E-state index is 0.315. The summed E-state index contributed by atoms with van der Waals surface area (Å²) >= 11 is 0. The molecule has 0 aliphatic carbocycles. The van der Waals surface area contributed by atoms with Crippen molar-refractivity contribution in [2.24, 2.45) is 16.5 Å². The van der Waals surface area contributed by atoms with Crippen molar-refractivity contribution in [3.8, 4) is 0 Å². The molecule has 27 heavy (non-hydrogen) atoms. The van der Waals surface area contributed by atoms with Crippen LogP contribution in [0, 0.1) is 0 Å². The molecule has 1 aliphatic heterocycles. The Labute approximate surface area is 156 Å². The highest BCUT2D eigenvalue weighted by atomic mass is 15.3. The number of aromatic nitrogens is 2. The molecule has 3 heterocycles. The molecule has 0 atom stereocenters. The van der Waals surface area contributed by atoms with Crippen LogP contribution in [0.2, 0.25) is 0 Å². The topological polar surface area (TPSA) is 85.5 Å². The van der Waals surface area contributed by atoms with Gasteiger partial charge in [0, 0.05) is 17.8 Å². The molecule has 4 N–H and O–H groups in total. The predicted octanol–water partition coefficient (Wildman–Crippen LogP) is 3.00. The Bertz CT molecular complexity index is 1230. The van der Waals surface area contributed by atoms with E-state index in [-0.39, 0.29) is 0 Å². The van der Waals surface area contributed by atoms with Crippen LogP contribution in [0.25, 0.3) is 21.8 Å². The maximum absolute atomic E-state index is 6.32. The number of para-hydroxylation sites is 1. The van der Waals surface area contributed by atoms with E-state index in [9.17, 15) is 0 Å². The van der Waals surface area contributed by atoms with Gasteiger partial charge in [-0.05, 0) is 41.8 Å². The molecule has 2 aromatic carbocycles. The smallest absolute Gasteiger partial charge is 0.166 e. The van der Waals surface area contributed by atoms with Crippen LogP contribution in [0.4, 0.5) is 5.69 Å². The normalized spacial score (nSPS) is 14.8. The first-order valence-corrected chi connectivity index (χ1v) is 8.73. The largest absolute Gasteiger partial charge is 0.382 e. The molecule has 5 rings (SSSR count). The summed E-state index contributed by atoms with van der Waals surface area (Å²) < 4.78 is 2.06. The quantitative estimate of drug-likeness (QED) is 0.550. The molecule has 4 aromatic rings. The van der Waals surface area contributed by atoms with Crippen molar-refractivity contribution >= 4 is 33.3 Å². The molecule has 0 saturated heterocycles. The number of fused-ring (bicyclic) bond motifs is 2. The van der Waals surface area contributed by atoms with Gasteiger partial charge in [-0.2, -0.15) is 0 Å². The van der Waals surface area contributed by atoms with E-state index in [1.807, 2.05) is 53.6 Å². The van der Waals surface area contributed by atoms with Gasteiger partial charge in [0.1, 0.15) is 11.7 Å². The number of aliphatic imine (C=N–C) groups is 1. The summed E-state index contributed by atoms with van der Waals surface area (Å²) in [6.45, 7) is 0.513. The van der Waals surface area contributed by atoms with Gasteiger partial charge in [-0.3, -0.25) is 4.98 Å². The summed E-state index contributed by atoms with van der Waals surface area (Å²) in [4.78, 5) is 11.0. The van der Waals surface area contributed by atoms with Crippen molar-refractivity contribution in [3.05, 3.63) is 84.7 Å². The first kappa shape index (κ1) is 15.5. The van der Waals surface area contributed by atoms with Crippen LogP contribution in [0.15, 0.2) is 89.7 Å². The Balaban J connectivity index is 1.65. The van der Waals surface area contributed by atoms with Gasteiger partial charge in [0.25, 0.3) is 0 Å². The van der Waals surface area contributed by atoms with E-state index in [0.29, 0.717) is 18.2 Å². The number of hydrogen-bond acceptors (Lipinski definition) is 5. The molecule has 0 unspecified atom stereocenters. The SMILES string of the molecule is NC1=C(N)N(c2cccc3ncccc23)CC(n2ccc3ccccc32)=N1. The minimum Gasteiger partial charge on any atom is -0.382 e. The fourth-order valence-corrected chi connectivity index (χ4v) is 3.57. The number of rotatable bonds is 1. The van der Waals surface area contributed by atoms with Crippen molar-refractivity contribution in [1.82, 2.24) is 9.55 Å². The number of nitrogens with zero attached hydrogens (tertiary/aromatic N) is 4. The van der Waals surface area contributed by atoms with Gasteiger partial charge in [-0.15, -0.1) is 0 Å². The zero-order valence-corrected chi connectivity index (χ0v) is 14.6. The van der Waals surface area contributed by atoms with E-state index in [0.717, 1.165) is 33.3 Å². The average Bonchev–Trinajstić information content (AvgIpc) is 3.14. The zero-order chi connectivity index (χ0) is 18.4. The summed E-state index contributed by atoms with van der Waals surface area (Å²) in [5.41, 5.74) is 15.5. The third kappa shape index (κ3) is 2.42. The lowest BCUT2D eigenvalue weighted by Crippen LogP contribution is -2.41. The Morgan fingerprint density at radius 1 is 0.889 bits per heavy atom. The van der Waals surface area contributed by atoms with E-state index >= 15 is 0 Å². The Morgan fingerprint density at radius 3 is 2.70 bits per heavy atom. The Morgan fingerprint density at radius 2 is 1.78 bits per heavy atom. The zero-order valence-electron chi connectivity index (χ0n) is 14.6. The van der Waals surface area contributed by atoms with Gasteiger partial charge in [0.15, 0.2) is 5.82 Å². The van der Waals surface area contributed by atoms with Crippen LogP contribution in [0.3, 0.4) is 0 Å². The summed E-state index contributed by atoms with van der Waals surface area (Å²) in [5, 5.41) is 2.18. The standard InChI is InChI=1S/C21H18N6/c22-20-21(23)27(18-9-3-7-16-15(18)6-4-11-24-16)13-19(25-20)26-12-10-14-5-1-2-8-17(14)26/h1-12H,13,22-23H2. The highest BCUT2D eigenvalue weighted by Crippen LogP contribution is 2.29. The Hall–Kier alpha value is -3.80. The van der Waals surface area contributed by atoms with Crippen molar-refractivity contribution < 1.29 is 0 Å². The lowest BCUT2D eigenvalue weighted by atomic mass is 10.1. The fourth-order valence-electron chi connectivity index (χ4n) is 3.57. The number of anilines is 1. The molecule has 0 bridgehead atoms. The maximum Gasteiger partial charge on any atom is 0.166 e. The highest BCUT2D eigenvalue weighted by Gasteiger charge is 2.23. The average molecular weight is 354 g/mol. The van der Waals surface area contributed by atoms with Crippen LogP contribution in [0.5, 0.6) is 0 Å². The molecule has 0 spiro atoms. The maximum atomic E-state index is 6.32. The second-order valence-corrected chi connectivity index (χ2v) is 6.48. The number of hydrogen-bond donors (Lipinski definition) is 2. The van der Waals surface area contributed by atoms with Crippen molar-refractivity contribution in [1.29, 1.82) is 0 Å². The van der Waals surface area contributed by atoms with Crippen LogP contribution in [0.1, 0.15) is 0 Å². The molecular formula is C21H18N6. The fraction of sp³-hybridized carbons (Fsp3) is 0.0476. The van der Waals surface area contributed by atoms with Crippen LogP contribution >= 0.6 is 0 Å². The summed E-state index contributed by atoms with van der Waals surface area (Å²) in [6, 6.07) is 20.2. The molecule has 132 valence electrons. The van der Waals surface area contributed by atoms with Gasteiger partial charge < -0.3 is 20.9 Å². The predicted molar refractivity (Wildman–Crippen MR) is 109 cm³/mol. The Kier molecular flexibility index (Phi) is 3.36. The molecule has 0 radical (unpaired) electrons. The molecule has 0 saturated carbocycles. The monoisotopic (exact) mass is 354 g/mol. The van der Waals surface area contributed by atoms with Crippen molar-refractivity contribution in [3.63, 3.8) is 0 Å². The van der Waals surface area contributed by atoms with Gasteiger partial charge >= 0.3 is 0 Å². The summed E-state index contributed by atoms with van der Waals surface area (Å²) in [5.74, 6) is 1.59. The second-order valence-electron chi connectivity index (χ2n) is 6.48. The van der Waals surface area contributed by atoms with Crippen LogP contribution < -0.4 is 16.4 Å². The third-order valence-electron chi connectivity index (χ3n) is 4.89. The number of nitrogens with two attached hydrogens (primary N) is 2. The van der Waals surface area contributed by atoms with Gasteiger partial charge in [-0.25, -0.2) is 4.99 Å². The van der Waals surface area contributed by atoms with E-state index < -0.39 is 0 Å². The first-order chi connectivity index (χ1) is 13.2. The molecule has 0 fully saturated rings. The number of pyridine rings is 1. The van der Waals surface area contributed by atoms with E-state index in [4.69, 9.17) is 11.5 Å². The minimum absolute atomic E-state index is 0.315. The second kappa shape index (κ2) is 5.88. The number of benzene rings is 2. The van der Waals surface area contributed by atoms with Crippen molar-refractivity contribution in [2.45, 2.75) is 0 Å². The van der Waals surface area contributed by atoms with Gasteiger partial charge in [0.05, 0.1) is 23.3 Å². The first-order valence-electron chi connectivity index (χ1n) is 8.73. The van der Waals surface area contributed by atoms with E-state index in [2.05, 4.69) is 32.7 Å². The lowest BCUT2D eigenvalue weighted by Gasteiger charge is -2.30. The molecule has 2 aromatic heterocycles. The van der Waals surface area contributed by atoms with Crippen LogP contribution in [-0.4, -0.2) is 21.9 Å². The molecule has 1 aliphatic rings. The highest BCUT2D eigenvalue weighted by molar-refractivity contribution is 6.01. The lowest BCUT2D eigenvalue weighted by molar-refractivity contribution is 0.905. The van der Waals surface area contributed by atoms with Crippen molar-refractivity contribution in [2.75, 3.05) is 11.4 Å². The van der Waals surface area contributed by atoms with Gasteiger partial charge in [0.2, 0.25) is 0 Å². The molecule has 0 amide bonds. The summed E-state index contributed by atoms with van der Waals surface area (Å²) in [7, 11) is 0. The van der Waals surface area contributed by atoms with E-state index in [1.165, 1.54) is 0 Å². The third-order valence-corrected chi connectivity index (χ3v) is 4.89. The summed E-state index contributed by atoms with van der Waals surface area (Å²) in [6.07, 6.45) is 3.80.